The number of rotatable bonds is 6. The molecule has 1 saturated carbocycles. The van der Waals surface area contributed by atoms with Crippen molar-refractivity contribution in [3.8, 4) is 17.0 Å². The van der Waals surface area contributed by atoms with Crippen LogP contribution in [0.4, 0.5) is 0 Å². The van der Waals surface area contributed by atoms with Crippen molar-refractivity contribution in [2.75, 3.05) is 20.2 Å². The lowest BCUT2D eigenvalue weighted by Crippen LogP contribution is -2.48. The smallest absolute Gasteiger partial charge is 0.310 e. The molecule has 4 rings (SSSR count). The lowest BCUT2D eigenvalue weighted by molar-refractivity contribution is -0.155. The molecule has 0 atom stereocenters. The molecule has 0 unspecified atom stereocenters. The molecule has 1 amide bonds. The van der Waals surface area contributed by atoms with E-state index in [1.165, 1.54) is 0 Å². The van der Waals surface area contributed by atoms with E-state index in [-0.39, 0.29) is 18.2 Å². The minimum atomic E-state index is -0.927. The number of carboxylic acid groups (broad SMARTS) is 1. The molecule has 0 bridgehead atoms. The van der Waals surface area contributed by atoms with Crippen molar-refractivity contribution in [3.63, 3.8) is 0 Å². The molecule has 1 aromatic heterocycles. The lowest BCUT2D eigenvalue weighted by Gasteiger charge is -2.39. The predicted octanol–water partition coefficient (Wildman–Crippen LogP) is 3.78. The Balaban J connectivity index is 1.43. The molecule has 1 aliphatic heterocycles. The fourth-order valence-electron chi connectivity index (χ4n) is 4.68. The summed E-state index contributed by atoms with van der Waals surface area (Å²) in [4.78, 5) is 26.7. The van der Waals surface area contributed by atoms with Crippen LogP contribution in [0.3, 0.4) is 0 Å². The summed E-state index contributed by atoms with van der Waals surface area (Å²) < 4.78 is 10.7. The molecular weight excluding hydrogens is 384 g/mol. The molecule has 2 heterocycles. The summed E-state index contributed by atoms with van der Waals surface area (Å²) in [5.74, 6) is 0.805. The Morgan fingerprint density at radius 2 is 1.87 bits per heavy atom. The summed E-state index contributed by atoms with van der Waals surface area (Å²) in [5.41, 5.74) is 0.623. The number of aliphatic carboxylic acids is 1. The van der Waals surface area contributed by atoms with E-state index >= 15 is 0 Å². The zero-order chi connectivity index (χ0) is 21.1. The summed E-state index contributed by atoms with van der Waals surface area (Å²) in [7, 11) is 1.61. The van der Waals surface area contributed by atoms with Crippen molar-refractivity contribution < 1.29 is 24.0 Å². The monoisotopic (exact) mass is 412 g/mol. The van der Waals surface area contributed by atoms with Crippen molar-refractivity contribution in [2.24, 2.45) is 11.3 Å². The molecule has 2 fully saturated rings. The molecule has 1 aliphatic carbocycles. The van der Waals surface area contributed by atoms with Crippen LogP contribution in [0.25, 0.3) is 11.3 Å². The minimum absolute atomic E-state index is 0.128. The van der Waals surface area contributed by atoms with Crippen molar-refractivity contribution in [2.45, 2.75) is 44.9 Å². The number of piperidine rings is 1. The maximum atomic E-state index is 12.7. The average molecular weight is 412 g/mol. The number of methoxy groups -OCH3 is 1. The summed E-state index contributed by atoms with van der Waals surface area (Å²) in [6.07, 6.45) is 5.30. The van der Waals surface area contributed by atoms with Crippen molar-refractivity contribution in [1.82, 2.24) is 10.1 Å². The topological polar surface area (TPSA) is 92.9 Å². The summed E-state index contributed by atoms with van der Waals surface area (Å²) in [6.45, 7) is 0.974. The van der Waals surface area contributed by atoms with Gasteiger partial charge in [-0.05, 0) is 49.9 Å². The van der Waals surface area contributed by atoms with Gasteiger partial charge >= 0.3 is 5.97 Å². The highest BCUT2D eigenvalue weighted by molar-refractivity contribution is 5.80. The van der Waals surface area contributed by atoms with E-state index < -0.39 is 11.4 Å². The Morgan fingerprint density at radius 3 is 2.47 bits per heavy atom. The van der Waals surface area contributed by atoms with Gasteiger partial charge in [-0.1, -0.05) is 18.0 Å². The standard InChI is InChI=1S/C23H28N2O5/c1-29-18-8-6-16(7-9-18)20-14-19(30-24-20)15-23(22(27)28)10-12-25(13-11-23)21(26)17-4-2-3-5-17/h6-9,14,17H,2-5,10-13,15H2,1H3,(H,27,28). The first-order valence-corrected chi connectivity index (χ1v) is 10.6. The zero-order valence-corrected chi connectivity index (χ0v) is 17.3. The molecule has 0 spiro atoms. The number of ether oxygens (including phenoxy) is 1. The van der Waals surface area contributed by atoms with Crippen LogP contribution in [0, 0.1) is 11.3 Å². The highest BCUT2D eigenvalue weighted by Crippen LogP contribution is 2.38. The molecule has 1 N–H and O–H groups in total. The largest absolute Gasteiger partial charge is 0.497 e. The summed E-state index contributed by atoms with van der Waals surface area (Å²) >= 11 is 0. The van der Waals surface area contributed by atoms with Gasteiger partial charge in [0.1, 0.15) is 17.2 Å². The van der Waals surface area contributed by atoms with Crippen LogP contribution in [0.15, 0.2) is 34.9 Å². The third-order valence-electron chi connectivity index (χ3n) is 6.65. The number of nitrogens with zero attached hydrogens (tertiary/aromatic N) is 2. The van der Waals surface area contributed by atoms with Crippen molar-refractivity contribution >= 4 is 11.9 Å². The van der Waals surface area contributed by atoms with Crippen LogP contribution in [0.1, 0.15) is 44.3 Å². The number of hydrogen-bond acceptors (Lipinski definition) is 5. The van der Waals surface area contributed by atoms with Crippen LogP contribution >= 0.6 is 0 Å². The second-order valence-electron chi connectivity index (χ2n) is 8.48. The minimum Gasteiger partial charge on any atom is -0.497 e. The van der Waals surface area contributed by atoms with E-state index in [2.05, 4.69) is 5.16 Å². The van der Waals surface area contributed by atoms with Gasteiger partial charge in [0.05, 0.1) is 12.5 Å². The van der Waals surface area contributed by atoms with Gasteiger partial charge in [0.15, 0.2) is 0 Å². The van der Waals surface area contributed by atoms with Gasteiger partial charge in [0.2, 0.25) is 5.91 Å². The Labute approximate surface area is 176 Å². The Hall–Kier alpha value is -2.83. The van der Waals surface area contributed by atoms with E-state index in [1.807, 2.05) is 35.2 Å². The van der Waals surface area contributed by atoms with Crippen LogP contribution < -0.4 is 4.74 Å². The number of carbonyl (C=O) groups excluding carboxylic acids is 1. The van der Waals surface area contributed by atoms with Gasteiger partial charge in [-0.25, -0.2) is 0 Å². The molecule has 2 aromatic rings. The number of hydrogen-bond donors (Lipinski definition) is 1. The van der Waals surface area contributed by atoms with Gasteiger partial charge in [-0.15, -0.1) is 0 Å². The van der Waals surface area contributed by atoms with E-state index in [0.29, 0.717) is 37.4 Å². The van der Waals surface area contributed by atoms with Crippen LogP contribution in [0.2, 0.25) is 0 Å². The highest BCUT2D eigenvalue weighted by Gasteiger charge is 2.44. The Kier molecular flexibility index (Phi) is 5.79. The highest BCUT2D eigenvalue weighted by atomic mass is 16.5. The number of likely N-dealkylation sites (tertiary alicyclic amines) is 1. The van der Waals surface area contributed by atoms with Gasteiger partial charge in [0, 0.05) is 37.1 Å². The second-order valence-corrected chi connectivity index (χ2v) is 8.48. The van der Waals surface area contributed by atoms with Crippen LogP contribution in [-0.2, 0) is 16.0 Å². The SMILES string of the molecule is COc1ccc(-c2cc(CC3(C(=O)O)CCN(C(=O)C4CCCC4)CC3)on2)cc1. The number of carboxylic acids is 1. The average Bonchev–Trinajstić information content (AvgIpc) is 3.46. The summed E-state index contributed by atoms with van der Waals surface area (Å²) in [5, 5.41) is 14.1. The van der Waals surface area contributed by atoms with E-state index in [0.717, 1.165) is 37.0 Å². The van der Waals surface area contributed by atoms with E-state index in [4.69, 9.17) is 9.26 Å². The summed E-state index contributed by atoms with van der Waals surface area (Å²) in [6, 6.07) is 9.28. The first kappa shape index (κ1) is 20.4. The fourth-order valence-corrected chi connectivity index (χ4v) is 4.68. The molecule has 160 valence electrons. The van der Waals surface area contributed by atoms with Crippen molar-refractivity contribution in [1.29, 1.82) is 0 Å². The lowest BCUT2D eigenvalue weighted by atomic mass is 9.74. The van der Waals surface area contributed by atoms with Gasteiger partial charge < -0.3 is 19.3 Å². The molecule has 7 heteroatoms. The van der Waals surface area contributed by atoms with Crippen molar-refractivity contribution in [3.05, 3.63) is 36.1 Å². The second kappa shape index (κ2) is 8.50. The van der Waals surface area contributed by atoms with Gasteiger partial charge in [0.25, 0.3) is 0 Å². The fraction of sp³-hybridized carbons (Fsp3) is 0.522. The molecule has 1 aromatic carbocycles. The predicted molar refractivity (Wildman–Crippen MR) is 110 cm³/mol. The van der Waals surface area contributed by atoms with E-state index in [1.54, 1.807) is 7.11 Å². The molecular formula is C23H28N2O5. The van der Waals surface area contributed by atoms with Crippen LogP contribution in [0.5, 0.6) is 5.75 Å². The van der Waals surface area contributed by atoms with Gasteiger partial charge in [-0.2, -0.15) is 0 Å². The molecule has 0 radical (unpaired) electrons. The maximum Gasteiger partial charge on any atom is 0.310 e. The maximum absolute atomic E-state index is 12.7. The molecule has 7 nitrogen and oxygen atoms in total. The molecule has 1 saturated heterocycles. The number of benzene rings is 1. The quantitative estimate of drug-likeness (QED) is 0.776. The number of aromatic nitrogens is 1. The zero-order valence-electron chi connectivity index (χ0n) is 17.3. The molecule has 30 heavy (non-hydrogen) atoms. The first-order chi connectivity index (χ1) is 14.5. The first-order valence-electron chi connectivity index (χ1n) is 10.6. The van der Waals surface area contributed by atoms with E-state index in [9.17, 15) is 14.7 Å². The number of carbonyl (C=O) groups is 2. The molecule has 2 aliphatic rings. The third-order valence-corrected chi connectivity index (χ3v) is 6.65. The number of amides is 1. The Bertz CT molecular complexity index is 891. The van der Waals surface area contributed by atoms with Crippen LogP contribution in [-0.4, -0.2) is 47.2 Å². The normalized spacial score (nSPS) is 19.0. The Morgan fingerprint density at radius 1 is 1.20 bits per heavy atom. The van der Waals surface area contributed by atoms with Gasteiger partial charge in [-0.3, -0.25) is 9.59 Å². The third kappa shape index (κ3) is 4.06.